The number of benzene rings is 3. The highest BCUT2D eigenvalue weighted by atomic mass is 32.2. The van der Waals surface area contributed by atoms with Crippen LogP contribution in [0.2, 0.25) is 0 Å². The Morgan fingerprint density at radius 3 is 2.35 bits per heavy atom. The minimum atomic E-state index is -3.90. The molecule has 0 saturated heterocycles. The molecule has 0 atom stereocenters. The molecule has 4 rings (SSSR count). The lowest BCUT2D eigenvalue weighted by atomic mass is 10.00. The lowest BCUT2D eigenvalue weighted by molar-refractivity contribution is -0.130. The highest BCUT2D eigenvalue weighted by Gasteiger charge is 2.31. The fraction of sp³-hybridized carbons (Fsp3) is 0.240. The molecular formula is C25H26N2O3S. The first-order valence-corrected chi connectivity index (χ1v) is 11.8. The molecule has 0 aromatic heterocycles. The largest absolute Gasteiger partial charge is 0.336 e. The van der Waals surface area contributed by atoms with Gasteiger partial charge in [-0.2, -0.15) is 0 Å². The van der Waals surface area contributed by atoms with E-state index in [1.165, 1.54) is 9.87 Å². The number of sulfonamides is 1. The van der Waals surface area contributed by atoms with Gasteiger partial charge in [0, 0.05) is 13.1 Å². The van der Waals surface area contributed by atoms with E-state index in [1.807, 2.05) is 50.2 Å². The number of fused-ring (bicyclic) bond motifs is 1. The number of rotatable bonds is 5. The summed E-state index contributed by atoms with van der Waals surface area (Å²) < 4.78 is 28.4. The number of nitrogens with zero attached hydrogens (tertiary/aromatic N) is 2. The van der Waals surface area contributed by atoms with Crippen LogP contribution in [0, 0.1) is 13.8 Å². The lowest BCUT2D eigenvalue weighted by Crippen LogP contribution is -2.45. The number of carbonyl (C=O) groups is 1. The van der Waals surface area contributed by atoms with Crippen LogP contribution >= 0.6 is 0 Å². The van der Waals surface area contributed by atoms with Crippen LogP contribution in [0.3, 0.4) is 0 Å². The van der Waals surface area contributed by atoms with Gasteiger partial charge in [0.15, 0.2) is 0 Å². The number of hydrogen-bond acceptors (Lipinski definition) is 3. The van der Waals surface area contributed by atoms with Crippen LogP contribution in [0.15, 0.2) is 77.7 Å². The Bertz CT molecular complexity index is 1210. The van der Waals surface area contributed by atoms with E-state index in [0.29, 0.717) is 18.8 Å². The normalized spacial score (nSPS) is 13.5. The second kappa shape index (κ2) is 8.55. The Morgan fingerprint density at radius 2 is 1.61 bits per heavy atom. The molecule has 0 saturated carbocycles. The summed E-state index contributed by atoms with van der Waals surface area (Å²) in [5.41, 5.74) is 4.64. The van der Waals surface area contributed by atoms with Crippen LogP contribution in [-0.4, -0.2) is 32.3 Å². The third-order valence-corrected chi connectivity index (χ3v) is 7.50. The molecule has 0 N–H and O–H groups in total. The first kappa shape index (κ1) is 21.1. The van der Waals surface area contributed by atoms with E-state index >= 15 is 0 Å². The molecule has 0 radical (unpaired) electrons. The topological polar surface area (TPSA) is 57.7 Å². The first-order chi connectivity index (χ1) is 14.9. The van der Waals surface area contributed by atoms with Crippen LogP contribution in [-0.2, 0) is 27.8 Å². The van der Waals surface area contributed by atoms with Gasteiger partial charge < -0.3 is 4.90 Å². The average molecular weight is 435 g/mol. The van der Waals surface area contributed by atoms with Crippen LogP contribution in [0.25, 0.3) is 0 Å². The highest BCUT2D eigenvalue weighted by Crippen LogP contribution is 2.28. The average Bonchev–Trinajstić information content (AvgIpc) is 2.79. The predicted octanol–water partition coefficient (Wildman–Crippen LogP) is 4.08. The quantitative estimate of drug-likeness (QED) is 0.608. The molecule has 5 nitrogen and oxygen atoms in total. The van der Waals surface area contributed by atoms with Gasteiger partial charge in [-0.15, -0.1) is 0 Å². The highest BCUT2D eigenvalue weighted by molar-refractivity contribution is 7.92. The standard InChI is InChI=1S/C25H26N2O3S/c1-19-12-13-20(2)24(16-19)27(31(29,30)23-10-4-3-5-11-23)18-25(28)26-15-14-21-8-6-7-9-22(21)17-26/h3-13,16H,14-15,17-18H2,1-2H3. The third-order valence-electron chi connectivity index (χ3n) is 5.73. The molecule has 1 aliphatic rings. The van der Waals surface area contributed by atoms with E-state index < -0.39 is 10.0 Å². The van der Waals surface area contributed by atoms with Gasteiger partial charge in [0.05, 0.1) is 10.6 Å². The SMILES string of the molecule is Cc1ccc(C)c(N(CC(=O)N2CCc3ccccc3C2)S(=O)(=O)c2ccccc2)c1. The van der Waals surface area contributed by atoms with Crippen molar-refractivity contribution in [2.45, 2.75) is 31.7 Å². The number of anilines is 1. The summed E-state index contributed by atoms with van der Waals surface area (Å²) in [6.07, 6.45) is 0.775. The molecule has 1 heterocycles. The van der Waals surface area contributed by atoms with Crippen molar-refractivity contribution in [2.75, 3.05) is 17.4 Å². The van der Waals surface area contributed by atoms with Gasteiger partial charge in [-0.1, -0.05) is 54.6 Å². The molecule has 3 aromatic carbocycles. The van der Waals surface area contributed by atoms with Gasteiger partial charge in [-0.05, 0) is 60.7 Å². The molecule has 1 aliphatic heterocycles. The summed E-state index contributed by atoms with van der Waals surface area (Å²) in [6, 6.07) is 22.0. The van der Waals surface area contributed by atoms with Gasteiger partial charge in [-0.3, -0.25) is 9.10 Å². The molecule has 160 valence electrons. The molecular weight excluding hydrogens is 408 g/mol. The minimum Gasteiger partial charge on any atom is -0.336 e. The molecule has 3 aromatic rings. The first-order valence-electron chi connectivity index (χ1n) is 10.4. The fourth-order valence-electron chi connectivity index (χ4n) is 3.94. The molecule has 0 unspecified atom stereocenters. The zero-order chi connectivity index (χ0) is 22.0. The molecule has 0 spiro atoms. The Hall–Kier alpha value is -3.12. The zero-order valence-corrected chi connectivity index (χ0v) is 18.6. The summed E-state index contributed by atoms with van der Waals surface area (Å²) in [7, 11) is -3.90. The lowest BCUT2D eigenvalue weighted by Gasteiger charge is -2.32. The van der Waals surface area contributed by atoms with E-state index in [9.17, 15) is 13.2 Å². The summed E-state index contributed by atoms with van der Waals surface area (Å²) in [5, 5.41) is 0. The fourth-order valence-corrected chi connectivity index (χ4v) is 5.43. The zero-order valence-electron chi connectivity index (χ0n) is 17.8. The van der Waals surface area contributed by atoms with E-state index in [2.05, 4.69) is 6.07 Å². The molecule has 1 amide bonds. The summed E-state index contributed by atoms with van der Waals surface area (Å²) in [6.45, 7) is 4.64. The van der Waals surface area contributed by atoms with Crippen LogP contribution in [0.4, 0.5) is 5.69 Å². The van der Waals surface area contributed by atoms with Crippen molar-refractivity contribution < 1.29 is 13.2 Å². The van der Waals surface area contributed by atoms with Crippen molar-refractivity contribution in [2.24, 2.45) is 0 Å². The molecule has 0 fully saturated rings. The summed E-state index contributed by atoms with van der Waals surface area (Å²) >= 11 is 0. The van der Waals surface area contributed by atoms with E-state index in [1.54, 1.807) is 35.2 Å². The van der Waals surface area contributed by atoms with Crippen molar-refractivity contribution in [3.05, 3.63) is 95.1 Å². The Morgan fingerprint density at radius 1 is 0.935 bits per heavy atom. The third kappa shape index (κ3) is 4.35. The molecule has 0 bridgehead atoms. The van der Waals surface area contributed by atoms with Crippen molar-refractivity contribution in [1.82, 2.24) is 4.90 Å². The van der Waals surface area contributed by atoms with Crippen molar-refractivity contribution in [3.8, 4) is 0 Å². The molecule has 6 heteroatoms. The summed E-state index contributed by atoms with van der Waals surface area (Å²) in [4.78, 5) is 15.2. The maximum Gasteiger partial charge on any atom is 0.264 e. The number of aryl methyl sites for hydroxylation is 2. The van der Waals surface area contributed by atoms with Gasteiger partial charge in [0.2, 0.25) is 5.91 Å². The van der Waals surface area contributed by atoms with Crippen molar-refractivity contribution in [3.63, 3.8) is 0 Å². The Labute approximate surface area is 184 Å². The number of carbonyl (C=O) groups excluding carboxylic acids is 1. The number of hydrogen-bond donors (Lipinski definition) is 0. The monoisotopic (exact) mass is 434 g/mol. The maximum atomic E-state index is 13.6. The van der Waals surface area contributed by atoms with Gasteiger partial charge in [0.1, 0.15) is 6.54 Å². The van der Waals surface area contributed by atoms with Crippen LogP contribution in [0.1, 0.15) is 22.3 Å². The van der Waals surface area contributed by atoms with E-state index in [4.69, 9.17) is 0 Å². The Balaban J connectivity index is 1.69. The Kier molecular flexibility index (Phi) is 5.83. The summed E-state index contributed by atoms with van der Waals surface area (Å²) in [5.74, 6) is -0.199. The molecule has 0 aliphatic carbocycles. The maximum absolute atomic E-state index is 13.6. The molecule has 31 heavy (non-hydrogen) atoms. The van der Waals surface area contributed by atoms with Gasteiger partial charge >= 0.3 is 0 Å². The van der Waals surface area contributed by atoms with E-state index in [-0.39, 0.29) is 17.3 Å². The minimum absolute atomic E-state index is 0.174. The predicted molar refractivity (Wildman–Crippen MR) is 122 cm³/mol. The van der Waals surface area contributed by atoms with Gasteiger partial charge in [0.25, 0.3) is 10.0 Å². The second-order valence-corrected chi connectivity index (χ2v) is 9.81. The van der Waals surface area contributed by atoms with Crippen molar-refractivity contribution in [1.29, 1.82) is 0 Å². The smallest absolute Gasteiger partial charge is 0.264 e. The van der Waals surface area contributed by atoms with Gasteiger partial charge in [-0.25, -0.2) is 8.42 Å². The van der Waals surface area contributed by atoms with Crippen LogP contribution < -0.4 is 4.31 Å². The van der Waals surface area contributed by atoms with Crippen molar-refractivity contribution >= 4 is 21.6 Å². The second-order valence-electron chi connectivity index (χ2n) is 7.95. The van der Waals surface area contributed by atoms with E-state index in [0.717, 1.165) is 23.1 Å². The number of amides is 1. The van der Waals surface area contributed by atoms with Crippen LogP contribution in [0.5, 0.6) is 0 Å².